The molecule has 0 aliphatic carbocycles. The maximum Gasteiger partial charge on any atom is 0.316 e. The molecule has 3 aliphatic rings. The molecule has 3 saturated heterocycles. The molecule has 0 amide bonds. The second kappa shape index (κ2) is 18.8. The highest BCUT2D eigenvalue weighted by molar-refractivity contribution is 7.09. The van der Waals surface area contributed by atoms with Crippen molar-refractivity contribution < 1.29 is 53.1 Å². The molecule has 2 aromatic rings. The van der Waals surface area contributed by atoms with Crippen molar-refractivity contribution in [1.82, 2.24) is 19.2 Å². The largest absolute Gasteiger partial charge is 0.459 e. The molecule has 5 heterocycles. The van der Waals surface area contributed by atoms with E-state index in [4.69, 9.17) is 34.3 Å². The van der Waals surface area contributed by atoms with E-state index in [2.05, 4.69) is 19.5 Å². The first kappa shape index (κ1) is 45.6. The molecular formula is C40H60N6O11S. The number of hydrogen-bond donors (Lipinski definition) is 3. The van der Waals surface area contributed by atoms with Gasteiger partial charge in [0.05, 0.1) is 42.8 Å². The van der Waals surface area contributed by atoms with Crippen LogP contribution in [0.15, 0.2) is 23.5 Å². The van der Waals surface area contributed by atoms with Crippen LogP contribution in [-0.4, -0.2) is 134 Å². The zero-order valence-corrected chi connectivity index (χ0v) is 35.9. The number of oxime groups is 1. The predicted molar refractivity (Wildman–Crippen MR) is 213 cm³/mol. The van der Waals surface area contributed by atoms with Gasteiger partial charge in [0.2, 0.25) is 5.95 Å². The SMILES string of the molecule is CC[C@H]1OC(=O)[C@H](C)C(=O)[C@H](C)[C@@H](O[C@@H]2O[C@H](C)C[C@H](N(C)C)[C@H]2O)[C@@]2(C)C[C@@H](C)C(=O)[C@H](C)[C@H](OC/C(=N\OCc3ccc(-c4nc(N)ns4)cn3)CO2)[C@]1(C)O. The third-order valence-electron chi connectivity index (χ3n) is 11.7. The van der Waals surface area contributed by atoms with E-state index in [0.717, 1.165) is 17.1 Å². The molecule has 0 aromatic carbocycles. The van der Waals surface area contributed by atoms with E-state index in [1.165, 1.54) is 13.8 Å². The lowest BCUT2D eigenvalue weighted by Gasteiger charge is -2.47. The Morgan fingerprint density at radius 1 is 1.07 bits per heavy atom. The predicted octanol–water partition coefficient (Wildman–Crippen LogP) is 3.20. The van der Waals surface area contributed by atoms with Crippen LogP contribution in [-0.2, 0) is 49.5 Å². The Morgan fingerprint density at radius 2 is 1.79 bits per heavy atom. The van der Waals surface area contributed by atoms with Crippen LogP contribution in [0.2, 0.25) is 0 Å². The van der Waals surface area contributed by atoms with E-state index < -0.39 is 77.3 Å². The molecule has 18 heteroatoms. The van der Waals surface area contributed by atoms with Crippen molar-refractivity contribution in [2.75, 3.05) is 33.0 Å². The zero-order valence-electron chi connectivity index (χ0n) is 35.1. The highest BCUT2D eigenvalue weighted by Gasteiger charge is 2.53. The number of aliphatic hydroxyl groups is 2. The standard InChI is InChI=1S/C40H60N6O11S/c1-11-29-40(8,51)34-22(4)30(47)20(2)15-39(7,53-18-27(17-52-34)44-54-19-26-13-12-25(16-42-26)35-43-38(41)45-58-35)33(23(5)31(48)24(6)36(50)56-29)57-37-32(49)28(46(9)10)14-21(3)55-37/h12-13,16,20-24,28-29,32-34,37,49,51H,11,14-15,17-19H2,1-10H3,(H2,41,45)/b44-27+/t20-,21-,22+,23+,24-,28+,29-,32-,33-,34+,37+,39-,40-/m1/s1. The number of likely N-dealkylation sites (N-methyl/N-ethyl adjacent to an activating group) is 1. The van der Waals surface area contributed by atoms with E-state index in [0.29, 0.717) is 17.1 Å². The van der Waals surface area contributed by atoms with Crippen molar-refractivity contribution in [1.29, 1.82) is 0 Å². The number of nitrogens with zero attached hydrogens (tertiary/aromatic N) is 5. The number of cyclic esters (lactones) is 1. The average molecular weight is 833 g/mol. The van der Waals surface area contributed by atoms with Gasteiger partial charge in [-0.05, 0) is 84.7 Å². The number of aliphatic hydroxyl groups excluding tert-OH is 1. The smallest absolute Gasteiger partial charge is 0.316 e. The van der Waals surface area contributed by atoms with Crippen molar-refractivity contribution in [3.05, 3.63) is 24.0 Å². The number of esters is 1. The molecule has 3 aliphatic heterocycles. The minimum Gasteiger partial charge on any atom is -0.459 e. The van der Waals surface area contributed by atoms with Crippen LogP contribution in [0, 0.1) is 23.7 Å². The van der Waals surface area contributed by atoms with Gasteiger partial charge in [-0.2, -0.15) is 9.36 Å². The summed E-state index contributed by atoms with van der Waals surface area (Å²) in [5, 5.41) is 28.8. The average Bonchev–Trinajstić information content (AvgIpc) is 3.62. The van der Waals surface area contributed by atoms with Crippen molar-refractivity contribution in [2.24, 2.45) is 28.8 Å². The van der Waals surface area contributed by atoms with E-state index in [1.54, 1.807) is 46.9 Å². The molecule has 58 heavy (non-hydrogen) atoms. The first-order valence-electron chi connectivity index (χ1n) is 19.9. The summed E-state index contributed by atoms with van der Waals surface area (Å²) in [5.41, 5.74) is 3.91. The lowest BCUT2D eigenvalue weighted by Crippen LogP contribution is -2.60. The lowest BCUT2D eigenvalue weighted by atomic mass is 9.74. The van der Waals surface area contributed by atoms with E-state index in [-0.39, 0.29) is 62.3 Å². The minimum atomic E-state index is -1.88. The Labute approximate surface area is 344 Å². The summed E-state index contributed by atoms with van der Waals surface area (Å²) >= 11 is 1.16. The van der Waals surface area contributed by atoms with Gasteiger partial charge in [0.25, 0.3) is 0 Å². The van der Waals surface area contributed by atoms with Gasteiger partial charge in [-0.1, -0.05) is 32.9 Å². The number of Topliss-reactive ketones (excluding diaryl/α,β-unsaturated/α-hetero) is 2. The number of fused-ring (bicyclic) bond motifs is 5. The van der Waals surface area contributed by atoms with Gasteiger partial charge >= 0.3 is 5.97 Å². The van der Waals surface area contributed by atoms with Crippen LogP contribution in [0.25, 0.3) is 10.6 Å². The minimum absolute atomic E-state index is 0.0302. The van der Waals surface area contributed by atoms with Crippen molar-refractivity contribution in [3.8, 4) is 10.6 Å². The Kier molecular flexibility index (Phi) is 14.8. The number of carbonyl (C=O) groups is 3. The van der Waals surface area contributed by atoms with E-state index in [1.807, 2.05) is 32.0 Å². The second-order valence-electron chi connectivity index (χ2n) is 16.7. The van der Waals surface area contributed by atoms with Crippen LogP contribution < -0.4 is 5.73 Å². The van der Waals surface area contributed by atoms with Gasteiger partial charge in [-0.15, -0.1) is 0 Å². The Hall–Kier alpha value is -3.49. The molecule has 0 radical (unpaired) electrons. The number of rotatable bonds is 8. The van der Waals surface area contributed by atoms with Gasteiger partial charge in [0, 0.05) is 35.6 Å². The molecule has 17 nitrogen and oxygen atoms in total. The van der Waals surface area contributed by atoms with Gasteiger partial charge in [-0.25, -0.2) is 0 Å². The lowest BCUT2D eigenvalue weighted by molar-refractivity contribution is -0.296. The van der Waals surface area contributed by atoms with Crippen LogP contribution in [0.1, 0.15) is 80.3 Å². The van der Waals surface area contributed by atoms with E-state index >= 15 is 0 Å². The Bertz CT molecular complexity index is 1770. The van der Waals surface area contributed by atoms with Crippen molar-refractivity contribution in [2.45, 2.75) is 135 Å². The molecule has 3 fully saturated rings. The van der Waals surface area contributed by atoms with Crippen LogP contribution >= 0.6 is 11.5 Å². The molecule has 5 rings (SSSR count). The zero-order chi connectivity index (χ0) is 42.7. The fourth-order valence-electron chi connectivity index (χ4n) is 8.38. The highest BCUT2D eigenvalue weighted by atomic mass is 32.1. The molecule has 322 valence electrons. The number of carbonyl (C=O) groups excluding carboxylic acids is 3. The molecule has 2 aromatic heterocycles. The van der Waals surface area contributed by atoms with Crippen LogP contribution in [0.3, 0.4) is 0 Å². The Balaban J connectivity index is 1.57. The van der Waals surface area contributed by atoms with Gasteiger partial charge in [0.15, 0.2) is 18.7 Å². The van der Waals surface area contributed by atoms with Crippen molar-refractivity contribution >= 4 is 40.7 Å². The third-order valence-corrected chi connectivity index (χ3v) is 12.5. The fourth-order valence-corrected chi connectivity index (χ4v) is 8.96. The summed E-state index contributed by atoms with van der Waals surface area (Å²) in [5.74, 6) is -5.35. The normalized spacial score (nSPS) is 37.8. The molecule has 0 saturated carbocycles. The number of nitrogen functional groups attached to an aromatic ring is 1. The number of ether oxygens (including phenoxy) is 5. The van der Waals surface area contributed by atoms with Gasteiger partial charge < -0.3 is 49.4 Å². The third kappa shape index (κ3) is 10.1. The topological polar surface area (TPSA) is 227 Å². The fraction of sp³-hybridized carbons (Fsp3) is 0.725. The van der Waals surface area contributed by atoms with Crippen molar-refractivity contribution in [3.63, 3.8) is 0 Å². The first-order chi connectivity index (χ1) is 27.3. The highest BCUT2D eigenvalue weighted by Crippen LogP contribution is 2.39. The molecule has 13 atom stereocenters. The maximum absolute atomic E-state index is 14.4. The number of aromatic nitrogens is 3. The van der Waals surface area contributed by atoms with Crippen LogP contribution in [0.5, 0.6) is 0 Å². The molecule has 0 spiro atoms. The molecule has 0 unspecified atom stereocenters. The monoisotopic (exact) mass is 832 g/mol. The summed E-state index contributed by atoms with van der Waals surface area (Å²) in [7, 11) is 3.71. The molecular weight excluding hydrogens is 773 g/mol. The Morgan fingerprint density at radius 3 is 2.41 bits per heavy atom. The van der Waals surface area contributed by atoms with E-state index in [9.17, 15) is 24.6 Å². The summed E-state index contributed by atoms with van der Waals surface area (Å²) in [4.78, 5) is 58.8. The number of pyridine rings is 1. The quantitative estimate of drug-likeness (QED) is 0.197. The van der Waals surface area contributed by atoms with Gasteiger partial charge in [-0.3, -0.25) is 19.4 Å². The number of ketones is 2. The number of hydrogen-bond acceptors (Lipinski definition) is 18. The number of anilines is 1. The van der Waals surface area contributed by atoms with Gasteiger partial charge in [0.1, 0.15) is 40.2 Å². The number of nitrogens with two attached hydrogens (primary N) is 1. The molecule has 4 N–H and O–H groups in total. The summed E-state index contributed by atoms with van der Waals surface area (Å²) in [6.45, 7) is 12.8. The summed E-state index contributed by atoms with van der Waals surface area (Å²) < 4.78 is 35.9. The van der Waals surface area contributed by atoms with Crippen LogP contribution in [0.4, 0.5) is 5.95 Å². The summed E-state index contributed by atoms with van der Waals surface area (Å²) in [6.07, 6.45) is -3.74. The maximum atomic E-state index is 14.4. The molecule has 2 bridgehead atoms. The first-order valence-corrected chi connectivity index (χ1v) is 20.7. The summed E-state index contributed by atoms with van der Waals surface area (Å²) in [6, 6.07) is 3.25. The second-order valence-corrected chi connectivity index (χ2v) is 17.4.